The van der Waals surface area contributed by atoms with Gasteiger partial charge in [0.25, 0.3) is 10.0 Å². The smallest absolute Gasteiger partial charge is 0.210 e. The first-order valence-corrected chi connectivity index (χ1v) is 5.31. The van der Waals surface area contributed by atoms with Gasteiger partial charge in [-0.2, -0.15) is 8.78 Å². The molecule has 0 rings (SSSR count). The number of hydrogen-bond acceptors (Lipinski definition) is 2. The van der Waals surface area contributed by atoms with E-state index in [9.17, 15) is 17.2 Å². The maximum atomic E-state index is 11.7. The number of hydrogen-bond donors (Lipinski definition) is 1. The summed E-state index contributed by atoms with van der Waals surface area (Å²) < 4.78 is 46.0. The number of alkyl halides is 3. The molecule has 0 aromatic heterocycles. The van der Waals surface area contributed by atoms with Crippen LogP contribution in [0.2, 0.25) is 0 Å². The van der Waals surface area contributed by atoms with Gasteiger partial charge in [-0.25, -0.2) is 13.1 Å². The molecule has 0 aromatic carbocycles. The molecule has 0 spiro atoms. The lowest BCUT2D eigenvalue weighted by Gasteiger charge is -2.08. The van der Waals surface area contributed by atoms with Gasteiger partial charge in [-0.05, 0) is 5.92 Å². The summed E-state index contributed by atoms with van der Waals surface area (Å²) in [5.41, 5.74) is 0. The van der Waals surface area contributed by atoms with Crippen LogP contribution in [0.15, 0.2) is 0 Å². The van der Waals surface area contributed by atoms with Crippen LogP contribution in [0.3, 0.4) is 0 Å². The first-order valence-electron chi connectivity index (χ1n) is 3.22. The van der Waals surface area contributed by atoms with Gasteiger partial charge in [0.1, 0.15) is 0 Å². The summed E-state index contributed by atoms with van der Waals surface area (Å²) in [5.74, 6) is -3.30. The van der Waals surface area contributed by atoms with E-state index in [0.717, 1.165) is 0 Å². The fourth-order valence-corrected chi connectivity index (χ4v) is 1.13. The monoisotopic (exact) mass is 221 g/mol. The van der Waals surface area contributed by atoms with Crippen LogP contribution in [0.1, 0.15) is 6.92 Å². The molecule has 0 aliphatic carbocycles. The molecule has 0 fully saturated rings. The van der Waals surface area contributed by atoms with Crippen LogP contribution in [-0.2, 0) is 10.0 Å². The number of halogens is 3. The van der Waals surface area contributed by atoms with Crippen molar-refractivity contribution >= 4 is 21.6 Å². The Balaban J connectivity index is 3.94. The lowest BCUT2D eigenvalue weighted by Crippen LogP contribution is -2.33. The highest BCUT2D eigenvalue weighted by molar-refractivity contribution is 7.89. The SMILES string of the molecule is CC(CCl)CNS(=O)(=O)C(F)F. The molecular weight excluding hydrogens is 212 g/mol. The zero-order valence-electron chi connectivity index (χ0n) is 6.43. The van der Waals surface area contributed by atoms with Crippen LogP contribution >= 0.6 is 11.6 Å². The van der Waals surface area contributed by atoms with E-state index in [1.807, 2.05) is 0 Å². The molecule has 0 aliphatic heterocycles. The molecule has 1 N–H and O–H groups in total. The molecule has 74 valence electrons. The minimum Gasteiger partial charge on any atom is -0.210 e. The quantitative estimate of drug-likeness (QED) is 0.705. The predicted molar refractivity (Wildman–Crippen MR) is 42.8 cm³/mol. The molecular formula is C5H10ClF2NO2S. The number of nitrogens with one attached hydrogen (secondary N) is 1. The molecule has 0 amide bonds. The second-order valence-corrected chi connectivity index (χ2v) is 4.46. The van der Waals surface area contributed by atoms with Crippen molar-refractivity contribution in [1.82, 2.24) is 4.72 Å². The first-order chi connectivity index (χ1) is 5.40. The van der Waals surface area contributed by atoms with Crippen LogP contribution in [0.25, 0.3) is 0 Å². The largest absolute Gasteiger partial charge is 0.350 e. The van der Waals surface area contributed by atoms with Gasteiger partial charge in [0.05, 0.1) is 0 Å². The van der Waals surface area contributed by atoms with E-state index in [1.54, 1.807) is 11.6 Å². The first kappa shape index (κ1) is 12.1. The summed E-state index contributed by atoms with van der Waals surface area (Å²) in [6.07, 6.45) is 0. The number of sulfonamides is 1. The highest BCUT2D eigenvalue weighted by atomic mass is 35.5. The Labute approximate surface area is 75.1 Å². The van der Waals surface area contributed by atoms with Crippen LogP contribution < -0.4 is 4.72 Å². The Hall–Kier alpha value is 0.0600. The highest BCUT2D eigenvalue weighted by Crippen LogP contribution is 2.03. The molecule has 0 saturated carbocycles. The summed E-state index contributed by atoms with van der Waals surface area (Å²) in [4.78, 5) is 0. The third-order valence-electron chi connectivity index (χ3n) is 1.13. The van der Waals surface area contributed by atoms with Crippen molar-refractivity contribution in [3.05, 3.63) is 0 Å². The number of rotatable bonds is 5. The van der Waals surface area contributed by atoms with E-state index in [0.29, 0.717) is 0 Å². The summed E-state index contributed by atoms with van der Waals surface area (Å²) in [6.45, 7) is 1.59. The lowest BCUT2D eigenvalue weighted by atomic mass is 10.2. The Morgan fingerprint density at radius 1 is 1.50 bits per heavy atom. The predicted octanol–water partition coefficient (Wildman–Crippen LogP) is 1.00. The van der Waals surface area contributed by atoms with Gasteiger partial charge in [0, 0.05) is 12.4 Å². The van der Waals surface area contributed by atoms with Gasteiger partial charge < -0.3 is 0 Å². The maximum absolute atomic E-state index is 11.7. The third-order valence-corrected chi connectivity index (χ3v) is 2.70. The fourth-order valence-electron chi connectivity index (χ4n) is 0.376. The van der Waals surface area contributed by atoms with Gasteiger partial charge in [-0.15, -0.1) is 11.6 Å². The zero-order chi connectivity index (χ0) is 9.78. The van der Waals surface area contributed by atoms with E-state index in [-0.39, 0.29) is 18.3 Å². The second kappa shape index (κ2) is 4.94. The molecule has 0 radical (unpaired) electrons. The van der Waals surface area contributed by atoms with Gasteiger partial charge in [0.15, 0.2) is 0 Å². The van der Waals surface area contributed by atoms with E-state index in [1.165, 1.54) is 0 Å². The summed E-state index contributed by atoms with van der Waals surface area (Å²) >= 11 is 5.34. The van der Waals surface area contributed by atoms with Crippen LogP contribution in [0.4, 0.5) is 8.78 Å². The molecule has 12 heavy (non-hydrogen) atoms. The van der Waals surface area contributed by atoms with Crippen LogP contribution in [0.5, 0.6) is 0 Å². The molecule has 0 saturated heterocycles. The molecule has 0 aromatic rings. The minimum atomic E-state index is -4.45. The van der Waals surface area contributed by atoms with Crippen molar-refractivity contribution in [2.75, 3.05) is 12.4 Å². The molecule has 0 bridgehead atoms. The molecule has 0 heterocycles. The van der Waals surface area contributed by atoms with Crippen LogP contribution in [0, 0.1) is 5.92 Å². The van der Waals surface area contributed by atoms with Gasteiger partial charge in [0.2, 0.25) is 0 Å². The summed E-state index contributed by atoms with van der Waals surface area (Å²) in [6, 6.07) is 0. The van der Waals surface area contributed by atoms with Crippen molar-refractivity contribution in [3.63, 3.8) is 0 Å². The van der Waals surface area contributed by atoms with Crippen molar-refractivity contribution < 1.29 is 17.2 Å². The normalized spacial score (nSPS) is 15.1. The van der Waals surface area contributed by atoms with Crippen LogP contribution in [-0.4, -0.2) is 26.6 Å². The molecule has 3 nitrogen and oxygen atoms in total. The highest BCUT2D eigenvalue weighted by Gasteiger charge is 2.23. The van der Waals surface area contributed by atoms with E-state index in [4.69, 9.17) is 11.6 Å². The van der Waals surface area contributed by atoms with Crippen molar-refractivity contribution in [2.24, 2.45) is 5.92 Å². The van der Waals surface area contributed by atoms with Crippen molar-refractivity contribution in [1.29, 1.82) is 0 Å². The molecule has 7 heteroatoms. The van der Waals surface area contributed by atoms with Gasteiger partial charge in [-0.1, -0.05) is 6.92 Å². The standard InChI is InChI=1S/C5H10ClF2NO2S/c1-4(2-6)3-9-12(10,11)5(7)8/h4-5,9H,2-3H2,1H3. The lowest BCUT2D eigenvalue weighted by molar-refractivity contribution is 0.232. The maximum Gasteiger partial charge on any atom is 0.350 e. The third kappa shape index (κ3) is 4.18. The van der Waals surface area contributed by atoms with Gasteiger partial charge >= 0.3 is 5.76 Å². The fraction of sp³-hybridized carbons (Fsp3) is 1.00. The Bertz CT molecular complexity index is 219. The summed E-state index contributed by atoms with van der Waals surface area (Å²) in [7, 11) is -4.45. The average Bonchev–Trinajstić information content (AvgIpc) is 2.00. The molecule has 1 unspecified atom stereocenters. The minimum absolute atomic E-state index is 0.0594. The topological polar surface area (TPSA) is 46.2 Å². The van der Waals surface area contributed by atoms with E-state index in [2.05, 4.69) is 0 Å². The van der Waals surface area contributed by atoms with Crippen molar-refractivity contribution in [2.45, 2.75) is 12.7 Å². The Morgan fingerprint density at radius 2 is 2.00 bits per heavy atom. The Morgan fingerprint density at radius 3 is 2.33 bits per heavy atom. The summed E-state index contributed by atoms with van der Waals surface area (Å²) in [5, 5.41) is 0. The van der Waals surface area contributed by atoms with E-state index < -0.39 is 15.8 Å². The second-order valence-electron chi connectivity index (χ2n) is 2.41. The molecule has 1 atom stereocenters. The molecule has 0 aliphatic rings. The Kier molecular flexibility index (Phi) is 4.96. The van der Waals surface area contributed by atoms with E-state index >= 15 is 0 Å². The zero-order valence-corrected chi connectivity index (χ0v) is 8.00. The average molecular weight is 222 g/mol. The van der Waals surface area contributed by atoms with Crippen molar-refractivity contribution in [3.8, 4) is 0 Å². The van der Waals surface area contributed by atoms with Gasteiger partial charge in [-0.3, -0.25) is 0 Å².